The molecule has 0 bridgehead atoms. The Balaban J connectivity index is 1.83. The zero-order valence-electron chi connectivity index (χ0n) is 15.1. The minimum Gasteiger partial charge on any atom is -0.480 e. The van der Waals surface area contributed by atoms with Crippen LogP contribution in [0, 0.1) is 11.8 Å². The third kappa shape index (κ3) is 3.09. The number of nitrogens with one attached hydrogen (secondary N) is 2. The molecular formula is C20H15F3N2O5. The average Bonchev–Trinajstić information content (AvgIpc) is 3.19. The Hall–Kier alpha value is -3.40. The minimum absolute atomic E-state index is 0.190. The summed E-state index contributed by atoms with van der Waals surface area (Å²) in [4.78, 5) is 37.5. The normalized spacial score (nSPS) is 28.2. The van der Waals surface area contributed by atoms with Crippen LogP contribution >= 0.6 is 0 Å². The van der Waals surface area contributed by atoms with Gasteiger partial charge in [0.2, 0.25) is 11.8 Å². The molecule has 2 aromatic rings. The summed E-state index contributed by atoms with van der Waals surface area (Å²) >= 11 is 0. The van der Waals surface area contributed by atoms with E-state index in [1.54, 1.807) is 18.2 Å². The number of hydrogen-bond acceptors (Lipinski definition) is 5. The van der Waals surface area contributed by atoms with Gasteiger partial charge in [-0.05, 0) is 23.3 Å². The van der Waals surface area contributed by atoms with Gasteiger partial charge in [-0.1, -0.05) is 42.5 Å². The van der Waals surface area contributed by atoms with Gasteiger partial charge in [0.05, 0.1) is 11.8 Å². The van der Waals surface area contributed by atoms with E-state index in [1.165, 1.54) is 24.3 Å². The maximum atomic E-state index is 12.6. The summed E-state index contributed by atoms with van der Waals surface area (Å²) in [6.45, 7) is 0. The third-order valence-corrected chi connectivity index (χ3v) is 5.42. The van der Waals surface area contributed by atoms with Gasteiger partial charge in [0.15, 0.2) is 5.54 Å². The van der Waals surface area contributed by atoms with Crippen molar-refractivity contribution in [2.24, 2.45) is 11.8 Å². The molecule has 2 saturated heterocycles. The van der Waals surface area contributed by atoms with Gasteiger partial charge in [-0.25, -0.2) is 4.79 Å². The highest BCUT2D eigenvalue weighted by molar-refractivity contribution is 6.09. The van der Waals surface area contributed by atoms with Crippen LogP contribution in [0.4, 0.5) is 13.2 Å². The van der Waals surface area contributed by atoms with Gasteiger partial charge in [0.25, 0.3) is 0 Å². The molecule has 2 aliphatic heterocycles. The summed E-state index contributed by atoms with van der Waals surface area (Å²) in [5.74, 6) is -5.76. The first kappa shape index (κ1) is 19.9. The zero-order chi connectivity index (χ0) is 21.7. The van der Waals surface area contributed by atoms with E-state index in [0.29, 0.717) is 0 Å². The molecule has 156 valence electrons. The summed E-state index contributed by atoms with van der Waals surface area (Å²) in [5, 5.41) is 15.1. The molecule has 10 heteroatoms. The predicted molar refractivity (Wildman–Crippen MR) is 94.9 cm³/mol. The summed E-state index contributed by atoms with van der Waals surface area (Å²) in [6.07, 6.45) is -4.92. The molecule has 4 unspecified atom stereocenters. The first-order chi connectivity index (χ1) is 14.1. The molecule has 2 fully saturated rings. The predicted octanol–water partition coefficient (Wildman–Crippen LogP) is 2.10. The van der Waals surface area contributed by atoms with E-state index in [1.807, 2.05) is 0 Å². The van der Waals surface area contributed by atoms with Crippen LogP contribution in [0.5, 0.6) is 5.75 Å². The molecule has 7 nitrogen and oxygen atoms in total. The number of alkyl halides is 3. The van der Waals surface area contributed by atoms with Crippen molar-refractivity contribution in [3.05, 3.63) is 65.7 Å². The number of hydrogen-bond donors (Lipinski definition) is 3. The number of fused-ring (bicyclic) bond motifs is 1. The zero-order valence-corrected chi connectivity index (χ0v) is 15.1. The van der Waals surface area contributed by atoms with Crippen molar-refractivity contribution in [1.82, 2.24) is 10.6 Å². The van der Waals surface area contributed by atoms with E-state index >= 15 is 0 Å². The Morgan fingerprint density at radius 2 is 1.73 bits per heavy atom. The summed E-state index contributed by atoms with van der Waals surface area (Å²) in [5.41, 5.74) is -1.49. The van der Waals surface area contributed by atoms with E-state index < -0.39 is 53.3 Å². The number of rotatable bonds is 4. The van der Waals surface area contributed by atoms with Crippen LogP contribution in [-0.2, 0) is 19.9 Å². The molecule has 2 aromatic carbocycles. The number of aliphatic carboxylic acids is 1. The van der Waals surface area contributed by atoms with Crippen molar-refractivity contribution in [3.63, 3.8) is 0 Å². The number of ether oxygens (including phenoxy) is 1. The van der Waals surface area contributed by atoms with Crippen molar-refractivity contribution in [3.8, 4) is 5.75 Å². The Labute approximate surface area is 167 Å². The maximum absolute atomic E-state index is 12.6. The minimum atomic E-state index is -4.92. The van der Waals surface area contributed by atoms with Gasteiger partial charge in [-0.15, -0.1) is 13.2 Å². The second kappa shape index (κ2) is 6.84. The van der Waals surface area contributed by atoms with Crippen molar-refractivity contribution >= 4 is 17.8 Å². The summed E-state index contributed by atoms with van der Waals surface area (Å²) in [7, 11) is 0. The Kier molecular flexibility index (Phi) is 4.53. The van der Waals surface area contributed by atoms with E-state index in [-0.39, 0.29) is 11.1 Å². The summed E-state index contributed by atoms with van der Waals surface area (Å²) < 4.78 is 41.7. The number of carboxylic acid groups (broad SMARTS) is 1. The number of carboxylic acids is 1. The molecule has 0 saturated carbocycles. The van der Waals surface area contributed by atoms with E-state index in [2.05, 4.69) is 15.4 Å². The van der Waals surface area contributed by atoms with Gasteiger partial charge in [-0.3, -0.25) is 20.2 Å². The molecule has 0 aromatic heterocycles. The highest BCUT2D eigenvalue weighted by atomic mass is 19.4. The van der Waals surface area contributed by atoms with Crippen molar-refractivity contribution in [1.29, 1.82) is 0 Å². The first-order valence-corrected chi connectivity index (χ1v) is 8.90. The third-order valence-electron chi connectivity index (χ3n) is 5.42. The lowest BCUT2D eigenvalue weighted by molar-refractivity contribution is -0.274. The molecule has 2 heterocycles. The van der Waals surface area contributed by atoms with Gasteiger partial charge in [-0.2, -0.15) is 0 Å². The van der Waals surface area contributed by atoms with Gasteiger partial charge in [0.1, 0.15) is 5.75 Å². The fourth-order valence-corrected chi connectivity index (χ4v) is 4.31. The van der Waals surface area contributed by atoms with Gasteiger partial charge < -0.3 is 9.84 Å². The number of benzene rings is 2. The van der Waals surface area contributed by atoms with Crippen LogP contribution in [0.25, 0.3) is 0 Å². The number of carbonyl (C=O) groups is 3. The topological polar surface area (TPSA) is 105 Å². The molecule has 0 spiro atoms. The van der Waals surface area contributed by atoms with E-state index in [0.717, 1.165) is 12.1 Å². The number of halogens is 3. The Bertz CT molecular complexity index is 1030. The van der Waals surface area contributed by atoms with Crippen molar-refractivity contribution in [2.45, 2.75) is 17.9 Å². The Morgan fingerprint density at radius 3 is 2.37 bits per heavy atom. The molecule has 2 aliphatic rings. The lowest BCUT2D eigenvalue weighted by Gasteiger charge is -2.30. The van der Waals surface area contributed by atoms with Crippen LogP contribution in [0.1, 0.15) is 17.2 Å². The summed E-state index contributed by atoms with van der Waals surface area (Å²) in [6, 6.07) is 11.7. The molecule has 30 heavy (non-hydrogen) atoms. The maximum Gasteiger partial charge on any atom is 0.573 e. The molecule has 4 atom stereocenters. The number of carbonyl (C=O) groups excluding carboxylic acids is 2. The second-order valence-electron chi connectivity index (χ2n) is 7.08. The standard InChI is InChI=1S/C20H15F3N2O5/c21-20(22,23)30-12-8-4-5-10(9-12)15-13-14(17(27)24-16(13)26)19(25-15,18(28)29)11-6-2-1-3-7-11/h1-9,13-15,25H,(H,28,29)(H,24,26,27). The monoisotopic (exact) mass is 420 g/mol. The van der Waals surface area contributed by atoms with Crippen LogP contribution < -0.4 is 15.4 Å². The molecule has 0 radical (unpaired) electrons. The second-order valence-corrected chi connectivity index (χ2v) is 7.08. The molecule has 2 amide bonds. The van der Waals surface area contributed by atoms with Crippen LogP contribution in [0.15, 0.2) is 54.6 Å². The smallest absolute Gasteiger partial charge is 0.480 e. The highest BCUT2D eigenvalue weighted by Gasteiger charge is 2.67. The molecule has 3 N–H and O–H groups in total. The molecule has 4 rings (SSSR count). The average molecular weight is 420 g/mol. The molecule has 0 aliphatic carbocycles. The van der Waals surface area contributed by atoms with Gasteiger partial charge in [0, 0.05) is 6.04 Å². The van der Waals surface area contributed by atoms with Crippen molar-refractivity contribution < 1.29 is 37.4 Å². The van der Waals surface area contributed by atoms with E-state index in [9.17, 15) is 32.7 Å². The van der Waals surface area contributed by atoms with Gasteiger partial charge >= 0.3 is 12.3 Å². The fourth-order valence-electron chi connectivity index (χ4n) is 4.31. The first-order valence-electron chi connectivity index (χ1n) is 8.90. The largest absolute Gasteiger partial charge is 0.573 e. The number of amides is 2. The molecular weight excluding hydrogens is 405 g/mol. The van der Waals surface area contributed by atoms with Crippen LogP contribution in [0.2, 0.25) is 0 Å². The fraction of sp³-hybridized carbons (Fsp3) is 0.250. The Morgan fingerprint density at radius 1 is 1.03 bits per heavy atom. The SMILES string of the molecule is O=C1NC(=O)C2C1C(c1cccc(OC(F)(F)F)c1)NC2(C(=O)O)c1ccccc1. The number of imide groups is 1. The van der Waals surface area contributed by atoms with Crippen LogP contribution in [0.3, 0.4) is 0 Å². The lowest BCUT2D eigenvalue weighted by Crippen LogP contribution is -2.52. The lowest BCUT2D eigenvalue weighted by atomic mass is 9.75. The quantitative estimate of drug-likeness (QED) is 0.655. The van der Waals surface area contributed by atoms with Crippen LogP contribution in [-0.4, -0.2) is 29.3 Å². The van der Waals surface area contributed by atoms with E-state index in [4.69, 9.17) is 0 Å². The highest BCUT2D eigenvalue weighted by Crippen LogP contribution is 2.51. The van der Waals surface area contributed by atoms with Crippen molar-refractivity contribution in [2.75, 3.05) is 0 Å².